The van der Waals surface area contributed by atoms with Crippen molar-refractivity contribution in [1.82, 2.24) is 4.98 Å². The standard InChI is InChI=1S/C59H37N/c1-4-24-46-38(14-1)17-11-29-48(46)40-19-9-21-43(32-40)58-51-27-7-8-28-52(51)59(44-22-10-20-41(33-44)49-30-12-18-39-15-2-5-25-47(39)49)57-36-55-53(45-23-13-31-60-37-45)34-42-16-3-6-26-50(42)54(55)35-56(57)58/h1-37H. The van der Waals surface area contributed by atoms with Crippen LogP contribution in [0.25, 0.3) is 120 Å². The van der Waals surface area contributed by atoms with Crippen LogP contribution in [0.4, 0.5) is 0 Å². The van der Waals surface area contributed by atoms with Crippen LogP contribution < -0.4 is 0 Å². The third-order valence-corrected chi connectivity index (χ3v) is 12.5. The molecule has 12 rings (SSSR count). The van der Waals surface area contributed by atoms with Crippen molar-refractivity contribution < 1.29 is 0 Å². The van der Waals surface area contributed by atoms with Gasteiger partial charge in [-0.1, -0.05) is 176 Å². The summed E-state index contributed by atoms with van der Waals surface area (Å²) in [6, 6.07) is 78.4. The minimum Gasteiger partial charge on any atom is -0.264 e. The molecular formula is C59H37N. The molecule has 278 valence electrons. The Hall–Kier alpha value is -7.87. The van der Waals surface area contributed by atoms with Gasteiger partial charge in [-0.3, -0.25) is 4.98 Å². The SMILES string of the molecule is c1cc(-c2cccc3ccccc23)cc(-c2c3ccccc3c(-c3cccc(-c4cccc5ccccc45)c3)c3cc4c(cc23)c(-c2cccnc2)cc2ccccc24)c1. The van der Waals surface area contributed by atoms with Crippen molar-refractivity contribution in [3.05, 3.63) is 225 Å². The van der Waals surface area contributed by atoms with Gasteiger partial charge in [0.25, 0.3) is 0 Å². The summed E-state index contributed by atoms with van der Waals surface area (Å²) in [4.78, 5) is 4.58. The molecule has 0 unspecified atom stereocenters. The highest BCUT2D eigenvalue weighted by atomic mass is 14.6. The molecule has 0 spiro atoms. The Labute approximate surface area is 348 Å². The minimum atomic E-state index is 1.11. The van der Waals surface area contributed by atoms with Crippen LogP contribution in [-0.2, 0) is 0 Å². The van der Waals surface area contributed by atoms with Crippen molar-refractivity contribution in [2.75, 3.05) is 0 Å². The maximum atomic E-state index is 4.58. The largest absolute Gasteiger partial charge is 0.264 e. The zero-order valence-corrected chi connectivity index (χ0v) is 32.8. The van der Waals surface area contributed by atoms with Gasteiger partial charge in [-0.05, 0) is 151 Å². The molecule has 60 heavy (non-hydrogen) atoms. The zero-order valence-electron chi connectivity index (χ0n) is 32.8. The van der Waals surface area contributed by atoms with Crippen LogP contribution in [0, 0.1) is 0 Å². The fraction of sp³-hybridized carbons (Fsp3) is 0. The Kier molecular flexibility index (Phi) is 7.92. The second-order valence-electron chi connectivity index (χ2n) is 15.8. The van der Waals surface area contributed by atoms with E-state index in [0.29, 0.717) is 0 Å². The summed E-state index contributed by atoms with van der Waals surface area (Å²) in [5.41, 5.74) is 12.1. The van der Waals surface area contributed by atoms with E-state index in [1.54, 1.807) is 0 Å². The highest BCUT2D eigenvalue weighted by Gasteiger charge is 2.21. The second-order valence-corrected chi connectivity index (χ2v) is 15.8. The molecule has 0 N–H and O–H groups in total. The number of aromatic nitrogens is 1. The van der Waals surface area contributed by atoms with Crippen LogP contribution in [0.2, 0.25) is 0 Å². The Morgan fingerprint density at radius 1 is 0.233 bits per heavy atom. The number of hydrogen-bond donors (Lipinski definition) is 0. The molecule has 1 heterocycles. The van der Waals surface area contributed by atoms with E-state index in [1.807, 2.05) is 18.5 Å². The first-order valence-corrected chi connectivity index (χ1v) is 20.7. The summed E-state index contributed by atoms with van der Waals surface area (Å²) >= 11 is 0. The summed E-state index contributed by atoms with van der Waals surface area (Å²) in [7, 11) is 0. The molecule has 0 atom stereocenters. The molecule has 0 bridgehead atoms. The van der Waals surface area contributed by atoms with E-state index >= 15 is 0 Å². The van der Waals surface area contributed by atoms with Crippen LogP contribution in [0.5, 0.6) is 0 Å². The Morgan fingerprint density at radius 3 is 1.25 bits per heavy atom. The molecular weight excluding hydrogens is 723 g/mol. The van der Waals surface area contributed by atoms with E-state index in [2.05, 4.69) is 211 Å². The van der Waals surface area contributed by atoms with Crippen LogP contribution in [0.1, 0.15) is 0 Å². The van der Waals surface area contributed by atoms with Gasteiger partial charge in [0.1, 0.15) is 0 Å². The summed E-state index contributed by atoms with van der Waals surface area (Å²) in [6.07, 6.45) is 3.85. The third kappa shape index (κ3) is 5.51. The van der Waals surface area contributed by atoms with Crippen molar-refractivity contribution in [2.24, 2.45) is 0 Å². The van der Waals surface area contributed by atoms with Crippen LogP contribution >= 0.6 is 0 Å². The molecule has 1 aromatic heterocycles. The van der Waals surface area contributed by atoms with Crippen LogP contribution in [-0.4, -0.2) is 4.98 Å². The zero-order chi connectivity index (χ0) is 39.6. The van der Waals surface area contributed by atoms with Gasteiger partial charge in [0, 0.05) is 18.0 Å². The summed E-state index contributed by atoms with van der Waals surface area (Å²) in [5.74, 6) is 0. The van der Waals surface area contributed by atoms with Crippen molar-refractivity contribution in [1.29, 1.82) is 0 Å². The van der Waals surface area contributed by atoms with Crippen molar-refractivity contribution >= 4 is 64.6 Å². The lowest BCUT2D eigenvalue weighted by atomic mass is 9.82. The van der Waals surface area contributed by atoms with Crippen molar-refractivity contribution in [3.8, 4) is 55.6 Å². The lowest BCUT2D eigenvalue weighted by Crippen LogP contribution is -1.94. The van der Waals surface area contributed by atoms with Crippen LogP contribution in [0.3, 0.4) is 0 Å². The lowest BCUT2D eigenvalue weighted by Gasteiger charge is -2.21. The molecule has 0 aliphatic rings. The minimum absolute atomic E-state index is 1.11. The highest BCUT2D eigenvalue weighted by Crippen LogP contribution is 2.48. The van der Waals surface area contributed by atoms with Crippen molar-refractivity contribution in [3.63, 3.8) is 0 Å². The lowest BCUT2D eigenvalue weighted by molar-refractivity contribution is 1.33. The predicted octanol–water partition coefficient (Wildman–Crippen LogP) is 16.3. The Morgan fingerprint density at radius 2 is 0.683 bits per heavy atom. The third-order valence-electron chi connectivity index (χ3n) is 12.5. The average molecular weight is 760 g/mol. The first-order chi connectivity index (χ1) is 29.8. The number of hydrogen-bond acceptors (Lipinski definition) is 1. The number of benzene rings is 11. The van der Waals surface area contributed by atoms with Gasteiger partial charge < -0.3 is 0 Å². The Balaban J connectivity index is 1.21. The summed E-state index contributed by atoms with van der Waals surface area (Å²) in [5, 5.41) is 14.8. The molecule has 1 nitrogen and oxygen atoms in total. The fourth-order valence-electron chi connectivity index (χ4n) is 9.79. The van der Waals surface area contributed by atoms with E-state index in [0.717, 1.165) is 5.56 Å². The average Bonchev–Trinajstić information content (AvgIpc) is 3.32. The number of rotatable bonds is 5. The predicted molar refractivity (Wildman–Crippen MR) is 256 cm³/mol. The van der Waals surface area contributed by atoms with Gasteiger partial charge in [-0.2, -0.15) is 0 Å². The molecule has 0 radical (unpaired) electrons. The molecule has 0 aliphatic heterocycles. The second kappa shape index (κ2) is 13.9. The maximum Gasteiger partial charge on any atom is 0.0346 e. The van der Waals surface area contributed by atoms with Gasteiger partial charge in [-0.25, -0.2) is 0 Å². The van der Waals surface area contributed by atoms with E-state index in [4.69, 9.17) is 0 Å². The quantitative estimate of drug-likeness (QED) is 0.126. The van der Waals surface area contributed by atoms with Gasteiger partial charge in [-0.15, -0.1) is 0 Å². The number of fused-ring (bicyclic) bond motifs is 7. The molecule has 1 heteroatoms. The monoisotopic (exact) mass is 759 g/mol. The van der Waals surface area contributed by atoms with E-state index in [-0.39, 0.29) is 0 Å². The van der Waals surface area contributed by atoms with Gasteiger partial charge in [0.05, 0.1) is 0 Å². The maximum absolute atomic E-state index is 4.58. The fourth-order valence-corrected chi connectivity index (χ4v) is 9.79. The molecule has 0 aliphatic carbocycles. The molecule has 0 saturated heterocycles. The van der Waals surface area contributed by atoms with Crippen molar-refractivity contribution in [2.45, 2.75) is 0 Å². The molecule has 11 aromatic carbocycles. The van der Waals surface area contributed by atoms with E-state index < -0.39 is 0 Å². The highest BCUT2D eigenvalue weighted by molar-refractivity contribution is 6.27. The Bertz CT molecular complexity index is 3640. The molecule has 0 amide bonds. The summed E-state index contributed by atoms with van der Waals surface area (Å²) < 4.78 is 0. The first-order valence-electron chi connectivity index (χ1n) is 20.7. The summed E-state index contributed by atoms with van der Waals surface area (Å²) in [6.45, 7) is 0. The normalized spacial score (nSPS) is 11.7. The number of pyridine rings is 1. The topological polar surface area (TPSA) is 12.9 Å². The molecule has 12 aromatic rings. The van der Waals surface area contributed by atoms with Gasteiger partial charge in [0.2, 0.25) is 0 Å². The van der Waals surface area contributed by atoms with E-state index in [9.17, 15) is 0 Å². The molecule has 0 saturated carbocycles. The van der Waals surface area contributed by atoms with Crippen LogP contribution in [0.15, 0.2) is 225 Å². The van der Waals surface area contributed by atoms with Gasteiger partial charge >= 0.3 is 0 Å². The van der Waals surface area contributed by atoms with E-state index in [1.165, 1.54) is 115 Å². The van der Waals surface area contributed by atoms with Gasteiger partial charge in [0.15, 0.2) is 0 Å². The smallest absolute Gasteiger partial charge is 0.0346 e. The molecule has 0 fully saturated rings. The number of nitrogens with zero attached hydrogens (tertiary/aromatic N) is 1. The first kappa shape index (κ1) is 34.2.